The van der Waals surface area contributed by atoms with E-state index in [0.29, 0.717) is 6.04 Å². The van der Waals surface area contributed by atoms with Crippen molar-refractivity contribution in [2.24, 2.45) is 0 Å². The Bertz CT molecular complexity index is 566. The van der Waals surface area contributed by atoms with Gasteiger partial charge in [-0.05, 0) is 67.1 Å². The van der Waals surface area contributed by atoms with E-state index in [2.05, 4.69) is 34.6 Å². The Balaban J connectivity index is 1.53. The van der Waals surface area contributed by atoms with Crippen molar-refractivity contribution in [3.05, 3.63) is 59.4 Å². The smallest absolute Gasteiger partial charge is 0.0349 e. The molecule has 0 amide bonds. The van der Waals surface area contributed by atoms with Gasteiger partial charge in [0.25, 0.3) is 0 Å². The van der Waals surface area contributed by atoms with Crippen molar-refractivity contribution in [2.45, 2.75) is 31.7 Å². The van der Waals surface area contributed by atoms with Crippen LogP contribution >= 0.6 is 0 Å². The number of aromatic nitrogens is 1. The summed E-state index contributed by atoms with van der Waals surface area (Å²) in [5.74, 6) is 0. The predicted molar refractivity (Wildman–Crippen MR) is 82.6 cm³/mol. The average molecular weight is 267 g/mol. The highest BCUT2D eigenvalue weighted by atomic mass is 14.9. The molecular formula is C17H21N3. The number of benzene rings is 1. The SMILES string of the molecule is Nc1cccc2c1CCC(NCCc1ccncc1)C2. The van der Waals surface area contributed by atoms with Gasteiger partial charge in [0.05, 0.1) is 0 Å². The Hall–Kier alpha value is -1.87. The lowest BCUT2D eigenvalue weighted by Gasteiger charge is -2.26. The van der Waals surface area contributed by atoms with Crippen molar-refractivity contribution in [3.63, 3.8) is 0 Å². The lowest BCUT2D eigenvalue weighted by molar-refractivity contribution is 0.462. The first-order valence-electron chi connectivity index (χ1n) is 7.31. The van der Waals surface area contributed by atoms with Crippen LogP contribution in [0.2, 0.25) is 0 Å². The molecule has 3 rings (SSSR count). The van der Waals surface area contributed by atoms with E-state index < -0.39 is 0 Å². The fraction of sp³-hybridized carbons (Fsp3) is 0.353. The first-order valence-corrected chi connectivity index (χ1v) is 7.31. The Morgan fingerprint density at radius 3 is 2.90 bits per heavy atom. The number of nitrogens with two attached hydrogens (primary N) is 1. The molecule has 0 spiro atoms. The van der Waals surface area contributed by atoms with E-state index in [9.17, 15) is 0 Å². The van der Waals surface area contributed by atoms with E-state index in [4.69, 9.17) is 5.73 Å². The van der Waals surface area contributed by atoms with Crippen LogP contribution in [0.25, 0.3) is 0 Å². The molecule has 0 saturated carbocycles. The number of hydrogen-bond acceptors (Lipinski definition) is 3. The fourth-order valence-corrected chi connectivity index (χ4v) is 2.98. The van der Waals surface area contributed by atoms with Crippen molar-refractivity contribution in [3.8, 4) is 0 Å². The molecular weight excluding hydrogens is 246 g/mol. The molecule has 1 aromatic carbocycles. The average Bonchev–Trinajstić information content (AvgIpc) is 2.48. The van der Waals surface area contributed by atoms with E-state index in [1.54, 1.807) is 0 Å². The Kier molecular flexibility index (Phi) is 3.97. The molecule has 1 aliphatic rings. The maximum Gasteiger partial charge on any atom is 0.0349 e. The zero-order valence-corrected chi connectivity index (χ0v) is 11.7. The van der Waals surface area contributed by atoms with Gasteiger partial charge in [0.15, 0.2) is 0 Å². The summed E-state index contributed by atoms with van der Waals surface area (Å²) in [4.78, 5) is 4.04. The number of pyridine rings is 1. The number of nitrogen functional groups attached to an aromatic ring is 1. The normalized spacial score (nSPS) is 17.7. The largest absolute Gasteiger partial charge is 0.398 e. The van der Waals surface area contributed by atoms with E-state index in [1.807, 2.05) is 18.5 Å². The lowest BCUT2D eigenvalue weighted by Crippen LogP contribution is -2.36. The number of rotatable bonds is 4. The van der Waals surface area contributed by atoms with E-state index in [-0.39, 0.29) is 0 Å². The minimum Gasteiger partial charge on any atom is -0.398 e. The summed E-state index contributed by atoms with van der Waals surface area (Å²) < 4.78 is 0. The lowest BCUT2D eigenvalue weighted by atomic mass is 9.87. The minimum absolute atomic E-state index is 0.575. The molecule has 0 bridgehead atoms. The highest BCUT2D eigenvalue weighted by molar-refractivity contribution is 5.52. The summed E-state index contributed by atoms with van der Waals surface area (Å²) in [5.41, 5.74) is 11.1. The van der Waals surface area contributed by atoms with Crippen molar-refractivity contribution >= 4 is 5.69 Å². The van der Waals surface area contributed by atoms with Gasteiger partial charge in [-0.15, -0.1) is 0 Å². The molecule has 1 unspecified atom stereocenters. The van der Waals surface area contributed by atoms with Crippen molar-refractivity contribution in [2.75, 3.05) is 12.3 Å². The van der Waals surface area contributed by atoms with Crippen molar-refractivity contribution in [1.29, 1.82) is 0 Å². The van der Waals surface area contributed by atoms with Crippen LogP contribution in [0.4, 0.5) is 5.69 Å². The van der Waals surface area contributed by atoms with Gasteiger partial charge < -0.3 is 11.1 Å². The summed E-state index contributed by atoms with van der Waals surface area (Å²) in [6.07, 6.45) is 8.13. The van der Waals surface area contributed by atoms with Gasteiger partial charge in [0, 0.05) is 24.1 Å². The number of hydrogen-bond donors (Lipinski definition) is 2. The first kappa shape index (κ1) is 13.1. The highest BCUT2D eigenvalue weighted by Gasteiger charge is 2.19. The molecule has 0 radical (unpaired) electrons. The van der Waals surface area contributed by atoms with Crippen LogP contribution in [0.1, 0.15) is 23.1 Å². The number of nitrogens with one attached hydrogen (secondary N) is 1. The summed E-state index contributed by atoms with van der Waals surface area (Å²) in [6.45, 7) is 1.02. The standard InChI is InChI=1S/C17H21N3/c18-17-3-1-2-14-12-15(4-5-16(14)17)20-11-8-13-6-9-19-10-7-13/h1-3,6-7,9-10,15,20H,4-5,8,11-12,18H2. The minimum atomic E-state index is 0.575. The summed E-state index contributed by atoms with van der Waals surface area (Å²) in [7, 11) is 0. The molecule has 0 aliphatic heterocycles. The van der Waals surface area contributed by atoms with Crippen LogP contribution in [0.3, 0.4) is 0 Å². The van der Waals surface area contributed by atoms with Crippen LogP contribution in [0.5, 0.6) is 0 Å². The van der Waals surface area contributed by atoms with Crippen LogP contribution in [-0.2, 0) is 19.3 Å². The van der Waals surface area contributed by atoms with Gasteiger partial charge in [-0.3, -0.25) is 4.98 Å². The van der Waals surface area contributed by atoms with Crippen LogP contribution < -0.4 is 11.1 Å². The van der Waals surface area contributed by atoms with E-state index >= 15 is 0 Å². The molecule has 0 fully saturated rings. The molecule has 104 valence electrons. The zero-order chi connectivity index (χ0) is 13.8. The summed E-state index contributed by atoms with van der Waals surface area (Å²) >= 11 is 0. The molecule has 1 atom stereocenters. The van der Waals surface area contributed by atoms with E-state index in [0.717, 1.165) is 31.5 Å². The Morgan fingerprint density at radius 2 is 2.05 bits per heavy atom. The first-order chi connectivity index (χ1) is 9.83. The maximum absolute atomic E-state index is 6.04. The van der Waals surface area contributed by atoms with Gasteiger partial charge in [0.1, 0.15) is 0 Å². The van der Waals surface area contributed by atoms with Crippen LogP contribution in [-0.4, -0.2) is 17.6 Å². The maximum atomic E-state index is 6.04. The molecule has 1 aromatic heterocycles. The third-order valence-corrected chi connectivity index (χ3v) is 4.11. The molecule has 3 N–H and O–H groups in total. The second-order valence-corrected chi connectivity index (χ2v) is 5.48. The number of anilines is 1. The summed E-state index contributed by atoms with van der Waals surface area (Å²) in [6, 6.07) is 11.0. The molecule has 3 heteroatoms. The third kappa shape index (κ3) is 2.99. The van der Waals surface area contributed by atoms with Gasteiger partial charge in [0.2, 0.25) is 0 Å². The molecule has 20 heavy (non-hydrogen) atoms. The Morgan fingerprint density at radius 1 is 1.20 bits per heavy atom. The molecule has 0 saturated heterocycles. The topological polar surface area (TPSA) is 50.9 Å². The molecule has 1 aliphatic carbocycles. The van der Waals surface area contributed by atoms with Crippen molar-refractivity contribution < 1.29 is 0 Å². The molecule has 3 nitrogen and oxygen atoms in total. The fourth-order valence-electron chi connectivity index (χ4n) is 2.98. The van der Waals surface area contributed by atoms with Crippen LogP contribution in [0, 0.1) is 0 Å². The van der Waals surface area contributed by atoms with E-state index in [1.165, 1.54) is 23.1 Å². The van der Waals surface area contributed by atoms with Crippen LogP contribution in [0.15, 0.2) is 42.7 Å². The third-order valence-electron chi connectivity index (χ3n) is 4.11. The Labute approximate surface area is 120 Å². The van der Waals surface area contributed by atoms with Gasteiger partial charge in [-0.1, -0.05) is 12.1 Å². The zero-order valence-electron chi connectivity index (χ0n) is 11.7. The number of nitrogens with zero attached hydrogens (tertiary/aromatic N) is 1. The van der Waals surface area contributed by atoms with Gasteiger partial charge >= 0.3 is 0 Å². The highest BCUT2D eigenvalue weighted by Crippen LogP contribution is 2.26. The molecule has 1 heterocycles. The molecule has 2 aromatic rings. The second-order valence-electron chi connectivity index (χ2n) is 5.48. The predicted octanol–water partition coefficient (Wildman–Crippen LogP) is 2.35. The van der Waals surface area contributed by atoms with Crippen molar-refractivity contribution in [1.82, 2.24) is 10.3 Å². The van der Waals surface area contributed by atoms with Gasteiger partial charge in [-0.2, -0.15) is 0 Å². The van der Waals surface area contributed by atoms with Gasteiger partial charge in [-0.25, -0.2) is 0 Å². The second kappa shape index (κ2) is 6.06. The monoisotopic (exact) mass is 267 g/mol. The quantitative estimate of drug-likeness (QED) is 0.836. The summed E-state index contributed by atoms with van der Waals surface area (Å²) in [5, 5.41) is 3.67. The number of fused-ring (bicyclic) bond motifs is 1.